The first kappa shape index (κ1) is 27.0. The Morgan fingerprint density at radius 2 is 0.735 bits per heavy atom. The summed E-state index contributed by atoms with van der Waals surface area (Å²) in [5, 5.41) is 8.88. The van der Waals surface area contributed by atoms with E-state index in [4.69, 9.17) is 5.41 Å². The van der Waals surface area contributed by atoms with Crippen molar-refractivity contribution in [3.05, 3.63) is 74.5 Å². The van der Waals surface area contributed by atoms with Crippen molar-refractivity contribution in [2.75, 3.05) is 0 Å². The predicted octanol–water partition coefficient (Wildman–Crippen LogP) is 6.90. The quantitative estimate of drug-likeness (QED) is 0.181. The summed E-state index contributed by atoms with van der Waals surface area (Å²) in [5.74, 6) is -28.8. The van der Waals surface area contributed by atoms with Gasteiger partial charge in [0.05, 0.1) is 16.7 Å². The van der Waals surface area contributed by atoms with Gasteiger partial charge in [-0.3, -0.25) is 5.87 Å². The monoisotopic (exact) mass is 522 g/mol. The van der Waals surface area contributed by atoms with Crippen LogP contribution in [0.4, 0.5) is 70.2 Å². The zero-order valence-corrected chi connectivity index (χ0v) is 15.0. The van der Waals surface area contributed by atoms with E-state index in [1.807, 2.05) is 0 Å². The highest BCUT2D eigenvalue weighted by Gasteiger charge is 2.76. The lowest BCUT2D eigenvalue weighted by atomic mass is 9.88. The average molecular weight is 522 g/mol. The maximum absolute atomic E-state index is 14.3. The molecule has 0 N–H and O–H groups in total. The van der Waals surface area contributed by atoms with Crippen molar-refractivity contribution in [1.29, 1.82) is 0 Å². The molecule has 0 saturated heterocycles. The molecule has 2 rings (SSSR count). The topological polar surface area (TPSA) is 22.3 Å². The van der Waals surface area contributed by atoms with E-state index >= 15 is 0 Å². The molecule has 0 aliphatic carbocycles. The van der Waals surface area contributed by atoms with Crippen LogP contribution in [0, 0.1) is 52.4 Å². The van der Waals surface area contributed by atoms with Crippen LogP contribution in [0.2, 0.25) is 0 Å². The highest BCUT2D eigenvalue weighted by Crippen LogP contribution is 2.55. The van der Waals surface area contributed by atoms with E-state index < -0.39 is 92.6 Å². The lowest BCUT2D eigenvalue weighted by molar-refractivity contribution is -0.350. The number of halogens is 16. The molecule has 34 heavy (non-hydrogen) atoms. The van der Waals surface area contributed by atoms with Crippen molar-refractivity contribution >= 4 is 11.4 Å². The largest absolute Gasteiger partial charge is 0.763 e. The number of hydrogen-bond donors (Lipinski definition) is 0. The Bertz CT molecular complexity index is 1160. The molecule has 186 valence electrons. The zero-order valence-electron chi connectivity index (χ0n) is 15.0. The van der Waals surface area contributed by atoms with Crippen LogP contribution in [0.3, 0.4) is 0 Å². The van der Waals surface area contributed by atoms with Crippen LogP contribution in [0.1, 0.15) is 16.7 Å². The molecule has 0 aliphatic heterocycles. The summed E-state index contributed by atoms with van der Waals surface area (Å²) in [5.41, 5.74) is -18.9. The molecule has 0 atom stereocenters. The molecule has 0 fully saturated rings. The van der Waals surface area contributed by atoms with Crippen LogP contribution in [0.5, 0.6) is 0 Å². The van der Waals surface area contributed by atoms with Crippen molar-refractivity contribution in [3.8, 4) is 0 Å². The van der Waals surface area contributed by atoms with Gasteiger partial charge in [-0.15, -0.1) is 0 Å². The molecule has 0 aliphatic rings. The molecule has 0 bridgehead atoms. The van der Waals surface area contributed by atoms with Crippen molar-refractivity contribution in [2.45, 2.75) is 18.0 Å². The van der Waals surface area contributed by atoms with Crippen LogP contribution >= 0.6 is 0 Å². The molecule has 0 saturated carbocycles. The summed E-state index contributed by atoms with van der Waals surface area (Å²) < 4.78 is 215. The Hall–Kier alpha value is -3.23. The highest BCUT2D eigenvalue weighted by molar-refractivity contribution is 6.00. The number of benzene rings is 2. The fourth-order valence-corrected chi connectivity index (χ4v) is 2.66. The Morgan fingerprint density at radius 3 is 1.00 bits per heavy atom. The van der Waals surface area contributed by atoms with Crippen molar-refractivity contribution in [2.24, 2.45) is 0 Å². The molecule has 2 aromatic carbocycles. The van der Waals surface area contributed by atoms with E-state index in [0.29, 0.717) is 5.87 Å². The van der Waals surface area contributed by atoms with Gasteiger partial charge in [-0.25, -0.2) is 43.9 Å². The minimum atomic E-state index is -7.30. The highest BCUT2D eigenvalue weighted by atomic mass is 19.4. The fraction of sp³-hybridized carbons (Fsp3) is 0.176. The van der Waals surface area contributed by atoms with Crippen molar-refractivity contribution in [3.63, 3.8) is 0 Å². The normalized spacial score (nSPS) is 12.7. The van der Waals surface area contributed by atoms with Crippen molar-refractivity contribution in [1.82, 2.24) is 0 Å². The van der Waals surface area contributed by atoms with Gasteiger partial charge in [0.2, 0.25) is 5.82 Å². The van der Waals surface area contributed by atoms with E-state index in [1.54, 1.807) is 0 Å². The first-order chi connectivity index (χ1) is 15.3. The molecule has 2 aromatic rings. The molecule has 0 radical (unpaired) electrons. The third kappa shape index (κ3) is 3.58. The van der Waals surface area contributed by atoms with Crippen LogP contribution in [0.15, 0.2) is 0 Å². The Morgan fingerprint density at radius 1 is 0.471 bits per heavy atom. The van der Waals surface area contributed by atoms with Gasteiger partial charge in [0.25, 0.3) is 0 Å². The summed E-state index contributed by atoms with van der Waals surface area (Å²) >= 11 is 0. The zero-order chi connectivity index (χ0) is 26.7. The molecule has 0 unspecified atom stereocenters. The minimum absolute atomic E-state index is 0.374. The van der Waals surface area contributed by atoms with Gasteiger partial charge >= 0.3 is 18.0 Å². The molecule has 0 amide bonds. The summed E-state index contributed by atoms with van der Waals surface area (Å²) in [6, 6.07) is 0. The van der Waals surface area contributed by atoms with E-state index in [0.717, 1.165) is 0 Å². The van der Waals surface area contributed by atoms with Gasteiger partial charge in [-0.2, -0.15) is 26.3 Å². The number of hydrogen-bond acceptors (Lipinski definition) is 0. The predicted molar refractivity (Wildman–Crippen MR) is 78.3 cm³/mol. The maximum Gasteiger partial charge on any atom is 0.436 e. The molecular formula is C17F16N-. The SMILES string of the molecule is [N-]=C=C(c1c(F)c(F)c(F)c(F)c1F)c1c(F)c(F)c(C(F)(C(F)(F)F)C(F)(F)F)c(F)c1F. The molecule has 0 aromatic heterocycles. The molecular weight excluding hydrogens is 522 g/mol. The maximum atomic E-state index is 14.3. The number of alkyl halides is 7. The summed E-state index contributed by atoms with van der Waals surface area (Å²) in [6.45, 7) is 0. The minimum Gasteiger partial charge on any atom is -0.763 e. The Kier molecular flexibility index (Phi) is 6.53. The fourth-order valence-electron chi connectivity index (χ4n) is 2.66. The van der Waals surface area contributed by atoms with Crippen molar-refractivity contribution < 1.29 is 70.2 Å². The van der Waals surface area contributed by atoms with Gasteiger partial charge in [-0.05, 0) is 0 Å². The van der Waals surface area contributed by atoms with Crippen LogP contribution in [0.25, 0.3) is 11.0 Å². The number of rotatable bonds is 3. The van der Waals surface area contributed by atoms with E-state index in [-0.39, 0.29) is 0 Å². The van der Waals surface area contributed by atoms with Crippen LogP contribution < -0.4 is 0 Å². The van der Waals surface area contributed by atoms with Crippen LogP contribution in [-0.2, 0) is 5.67 Å². The Labute approximate surface area is 175 Å². The molecule has 17 heteroatoms. The van der Waals surface area contributed by atoms with Gasteiger partial charge < -0.3 is 5.41 Å². The third-order valence-corrected chi connectivity index (χ3v) is 4.21. The smallest absolute Gasteiger partial charge is 0.436 e. The second-order valence-corrected chi connectivity index (χ2v) is 6.09. The summed E-state index contributed by atoms with van der Waals surface area (Å²) in [4.78, 5) is 0. The lowest BCUT2D eigenvalue weighted by Gasteiger charge is -2.31. The van der Waals surface area contributed by atoms with Gasteiger partial charge in [0.15, 0.2) is 46.5 Å². The summed E-state index contributed by atoms with van der Waals surface area (Å²) in [7, 11) is 0. The Balaban J connectivity index is 3.08. The van der Waals surface area contributed by atoms with Gasteiger partial charge in [0.1, 0.15) is 0 Å². The van der Waals surface area contributed by atoms with E-state index in [2.05, 4.69) is 0 Å². The first-order valence-electron chi connectivity index (χ1n) is 7.75. The van der Waals surface area contributed by atoms with E-state index in [1.165, 1.54) is 0 Å². The third-order valence-electron chi connectivity index (χ3n) is 4.21. The second-order valence-electron chi connectivity index (χ2n) is 6.09. The van der Waals surface area contributed by atoms with E-state index in [9.17, 15) is 70.2 Å². The average Bonchev–Trinajstić information content (AvgIpc) is 2.72. The van der Waals surface area contributed by atoms with Gasteiger partial charge in [0, 0.05) is 5.57 Å². The first-order valence-corrected chi connectivity index (χ1v) is 7.75. The standard InChI is InChI=1S/C17F16N/c18-6-3(2(1-34)4-8(20)12(24)14(26)13(25)9(4)21)7(19)11(23)5(10(6)22)15(27,16(28,29)30)17(31,32)33/q-1. The second kappa shape index (κ2) is 8.21. The molecule has 1 nitrogen and oxygen atoms in total. The summed E-state index contributed by atoms with van der Waals surface area (Å²) in [6.07, 6.45) is -14.6. The molecule has 0 heterocycles. The lowest BCUT2D eigenvalue weighted by Crippen LogP contribution is -2.52. The van der Waals surface area contributed by atoms with Crippen LogP contribution in [-0.4, -0.2) is 18.2 Å². The van der Waals surface area contributed by atoms with Gasteiger partial charge in [-0.1, -0.05) is 0 Å². The number of nitrogens with zero attached hydrogens (tertiary/aromatic N) is 1. The molecule has 0 spiro atoms.